The van der Waals surface area contributed by atoms with E-state index in [9.17, 15) is 0 Å². The zero-order chi connectivity index (χ0) is 14.0. The van der Waals surface area contributed by atoms with E-state index in [0.29, 0.717) is 0 Å². The van der Waals surface area contributed by atoms with E-state index < -0.39 is 0 Å². The van der Waals surface area contributed by atoms with Crippen molar-refractivity contribution in [2.45, 2.75) is 20.0 Å². The van der Waals surface area contributed by atoms with Gasteiger partial charge in [0.25, 0.3) is 0 Å². The Hall–Kier alpha value is -1.82. The summed E-state index contributed by atoms with van der Waals surface area (Å²) in [6.45, 7) is 3.65. The van der Waals surface area contributed by atoms with E-state index in [0.717, 1.165) is 24.7 Å². The normalized spacial score (nSPS) is 11.0. The van der Waals surface area contributed by atoms with Crippen LogP contribution in [0.15, 0.2) is 12.4 Å². The zero-order valence-corrected chi connectivity index (χ0v) is 12.3. The van der Waals surface area contributed by atoms with E-state index in [4.69, 9.17) is 0 Å². The molecule has 6 nitrogen and oxygen atoms in total. The van der Waals surface area contributed by atoms with Crippen LogP contribution in [0, 0.1) is 6.92 Å². The Labute approximate surface area is 114 Å². The van der Waals surface area contributed by atoms with Crippen molar-refractivity contribution >= 4 is 5.95 Å². The topological polar surface area (TPSA) is 50.9 Å². The smallest absolute Gasteiger partial charge is 0.204 e. The number of nitrogens with zero attached hydrogens (tertiary/aromatic N) is 5. The van der Waals surface area contributed by atoms with Gasteiger partial charge in [-0.25, -0.2) is 4.98 Å². The van der Waals surface area contributed by atoms with Crippen molar-refractivity contribution in [1.29, 1.82) is 0 Å². The van der Waals surface area contributed by atoms with Gasteiger partial charge in [-0.05, 0) is 6.92 Å². The summed E-state index contributed by atoms with van der Waals surface area (Å²) in [4.78, 5) is 6.40. The van der Waals surface area contributed by atoms with Crippen LogP contribution in [0.1, 0.15) is 17.0 Å². The molecule has 2 heterocycles. The van der Waals surface area contributed by atoms with E-state index in [1.54, 1.807) is 0 Å². The highest BCUT2D eigenvalue weighted by molar-refractivity contribution is 5.30. The standard InChI is InChI=1S/C13H22N6/c1-10-11(9-18(4)16-10)6-14-7-12-8-15-13(17(2)3)19(12)5/h8-9,14H,6-7H2,1-5H3. The average Bonchev–Trinajstić information content (AvgIpc) is 2.83. The molecule has 1 N–H and O–H groups in total. The van der Waals surface area contributed by atoms with Crippen molar-refractivity contribution in [2.75, 3.05) is 19.0 Å². The van der Waals surface area contributed by atoms with E-state index in [1.165, 1.54) is 11.3 Å². The third-order valence-electron chi connectivity index (χ3n) is 3.20. The molecule has 0 fully saturated rings. The van der Waals surface area contributed by atoms with Gasteiger partial charge in [-0.1, -0.05) is 0 Å². The minimum atomic E-state index is 0.797. The molecule has 0 amide bonds. The van der Waals surface area contributed by atoms with E-state index in [2.05, 4.69) is 26.2 Å². The third-order valence-corrected chi connectivity index (χ3v) is 3.20. The minimum Gasteiger partial charge on any atom is -0.348 e. The molecular weight excluding hydrogens is 240 g/mol. The van der Waals surface area contributed by atoms with Crippen molar-refractivity contribution in [3.05, 3.63) is 29.3 Å². The van der Waals surface area contributed by atoms with Crippen molar-refractivity contribution in [1.82, 2.24) is 24.6 Å². The van der Waals surface area contributed by atoms with Gasteiger partial charge in [0.2, 0.25) is 5.95 Å². The zero-order valence-electron chi connectivity index (χ0n) is 12.3. The molecule has 0 saturated heterocycles. The average molecular weight is 262 g/mol. The number of aryl methyl sites for hydroxylation is 2. The molecule has 0 aromatic carbocycles. The molecule has 0 aliphatic heterocycles. The maximum absolute atomic E-state index is 4.39. The molecular formula is C13H22N6. The van der Waals surface area contributed by atoms with Crippen LogP contribution in [-0.4, -0.2) is 33.4 Å². The molecule has 0 aliphatic rings. The Morgan fingerprint density at radius 1 is 1.26 bits per heavy atom. The van der Waals surface area contributed by atoms with Crippen LogP contribution in [0.4, 0.5) is 5.95 Å². The quantitative estimate of drug-likeness (QED) is 0.866. The lowest BCUT2D eigenvalue weighted by atomic mass is 10.2. The Balaban J connectivity index is 1.94. The highest BCUT2D eigenvalue weighted by atomic mass is 15.3. The monoisotopic (exact) mass is 262 g/mol. The van der Waals surface area contributed by atoms with Gasteiger partial charge < -0.3 is 14.8 Å². The van der Waals surface area contributed by atoms with Gasteiger partial charge in [-0.3, -0.25) is 4.68 Å². The largest absolute Gasteiger partial charge is 0.348 e. The summed E-state index contributed by atoms with van der Waals surface area (Å²) in [7, 11) is 7.98. The van der Waals surface area contributed by atoms with Crippen molar-refractivity contribution in [2.24, 2.45) is 14.1 Å². The first kappa shape index (κ1) is 13.6. The number of imidazole rings is 1. The molecule has 0 radical (unpaired) electrons. The summed E-state index contributed by atoms with van der Waals surface area (Å²) < 4.78 is 3.95. The Kier molecular flexibility index (Phi) is 3.90. The summed E-state index contributed by atoms with van der Waals surface area (Å²) in [5, 5.41) is 7.77. The second kappa shape index (κ2) is 5.44. The summed E-state index contributed by atoms with van der Waals surface area (Å²) in [6.07, 6.45) is 3.97. The molecule has 104 valence electrons. The Morgan fingerprint density at radius 3 is 2.53 bits per heavy atom. The second-order valence-corrected chi connectivity index (χ2v) is 5.02. The van der Waals surface area contributed by atoms with Crippen LogP contribution >= 0.6 is 0 Å². The predicted molar refractivity (Wildman–Crippen MR) is 76.0 cm³/mol. The lowest BCUT2D eigenvalue weighted by Gasteiger charge is -2.12. The minimum absolute atomic E-state index is 0.797. The van der Waals surface area contributed by atoms with Crippen LogP contribution in [-0.2, 0) is 27.2 Å². The van der Waals surface area contributed by atoms with Gasteiger partial charge in [0, 0.05) is 53.0 Å². The summed E-state index contributed by atoms with van der Waals surface area (Å²) >= 11 is 0. The molecule has 2 rings (SSSR count). The second-order valence-electron chi connectivity index (χ2n) is 5.02. The van der Waals surface area contributed by atoms with E-state index in [1.807, 2.05) is 50.9 Å². The fraction of sp³-hybridized carbons (Fsp3) is 0.538. The highest BCUT2D eigenvalue weighted by Gasteiger charge is 2.08. The van der Waals surface area contributed by atoms with E-state index in [-0.39, 0.29) is 0 Å². The number of anilines is 1. The van der Waals surface area contributed by atoms with Gasteiger partial charge in [-0.15, -0.1) is 0 Å². The fourth-order valence-corrected chi connectivity index (χ4v) is 2.16. The van der Waals surface area contributed by atoms with Gasteiger partial charge in [0.15, 0.2) is 0 Å². The molecule has 6 heteroatoms. The molecule has 0 unspecified atom stereocenters. The Bertz CT molecular complexity index is 551. The van der Waals surface area contributed by atoms with Gasteiger partial charge in [-0.2, -0.15) is 5.10 Å². The molecule has 0 bridgehead atoms. The Morgan fingerprint density at radius 2 is 2.00 bits per heavy atom. The first-order valence-corrected chi connectivity index (χ1v) is 6.36. The number of hydrogen-bond acceptors (Lipinski definition) is 4. The number of rotatable bonds is 5. The van der Waals surface area contributed by atoms with Crippen LogP contribution in [0.25, 0.3) is 0 Å². The van der Waals surface area contributed by atoms with Crippen molar-refractivity contribution in [3.8, 4) is 0 Å². The lowest BCUT2D eigenvalue weighted by Crippen LogP contribution is -2.18. The van der Waals surface area contributed by atoms with Crippen LogP contribution in [0.5, 0.6) is 0 Å². The maximum Gasteiger partial charge on any atom is 0.204 e. The molecule has 2 aromatic rings. The lowest BCUT2D eigenvalue weighted by molar-refractivity contribution is 0.652. The van der Waals surface area contributed by atoms with Gasteiger partial charge in [0.05, 0.1) is 17.6 Å². The first-order chi connectivity index (χ1) is 8.99. The SMILES string of the molecule is Cc1nn(C)cc1CNCc1cnc(N(C)C)n1C. The van der Waals surface area contributed by atoms with Crippen molar-refractivity contribution in [3.63, 3.8) is 0 Å². The van der Waals surface area contributed by atoms with Gasteiger partial charge >= 0.3 is 0 Å². The van der Waals surface area contributed by atoms with Crippen LogP contribution in [0.3, 0.4) is 0 Å². The van der Waals surface area contributed by atoms with Gasteiger partial charge in [0.1, 0.15) is 0 Å². The summed E-state index contributed by atoms with van der Waals surface area (Å²) in [5.74, 6) is 0.967. The van der Waals surface area contributed by atoms with Crippen molar-refractivity contribution < 1.29 is 0 Å². The molecule has 19 heavy (non-hydrogen) atoms. The number of aromatic nitrogens is 4. The molecule has 0 spiro atoms. The number of nitrogens with one attached hydrogen (secondary N) is 1. The fourth-order valence-electron chi connectivity index (χ4n) is 2.16. The maximum atomic E-state index is 4.39. The van der Waals surface area contributed by atoms with Crippen LogP contribution < -0.4 is 10.2 Å². The number of hydrogen-bond donors (Lipinski definition) is 1. The highest BCUT2D eigenvalue weighted by Crippen LogP contribution is 2.11. The molecule has 2 aromatic heterocycles. The van der Waals surface area contributed by atoms with Crippen LogP contribution in [0.2, 0.25) is 0 Å². The first-order valence-electron chi connectivity index (χ1n) is 6.36. The third kappa shape index (κ3) is 2.96. The summed E-state index contributed by atoms with van der Waals surface area (Å²) in [6, 6.07) is 0. The predicted octanol–water partition coefficient (Wildman–Crippen LogP) is 0.818. The summed E-state index contributed by atoms with van der Waals surface area (Å²) in [5.41, 5.74) is 3.48. The van der Waals surface area contributed by atoms with E-state index >= 15 is 0 Å². The molecule has 0 atom stereocenters. The molecule has 0 aliphatic carbocycles. The molecule has 0 saturated carbocycles.